The van der Waals surface area contributed by atoms with Crippen LogP contribution in [-0.4, -0.2) is 26.3 Å². The van der Waals surface area contributed by atoms with Crippen molar-refractivity contribution in [1.82, 2.24) is 5.32 Å². The van der Waals surface area contributed by atoms with Crippen molar-refractivity contribution in [1.29, 1.82) is 0 Å². The van der Waals surface area contributed by atoms with E-state index in [2.05, 4.69) is 12.2 Å². The van der Waals surface area contributed by atoms with Gasteiger partial charge in [0.25, 0.3) is 0 Å². The summed E-state index contributed by atoms with van der Waals surface area (Å²) in [7, 11) is 3.84. The maximum absolute atomic E-state index is 5.60. The molecule has 0 aromatic carbocycles. The smallest absolute Gasteiger partial charge is 0.0802 e. The zero-order valence-electron chi connectivity index (χ0n) is 8.52. The van der Waals surface area contributed by atoms with Crippen LogP contribution in [0.25, 0.3) is 0 Å². The Morgan fingerprint density at radius 2 is 2.00 bits per heavy atom. The molecule has 0 aromatic rings. The largest absolute Gasteiger partial charge is 0.377 e. The summed E-state index contributed by atoms with van der Waals surface area (Å²) in [4.78, 5) is 0. The molecule has 1 aliphatic rings. The molecule has 1 N–H and O–H groups in total. The monoisotopic (exact) mass is 171 g/mol. The average molecular weight is 171 g/mol. The number of rotatable bonds is 3. The molecular weight excluding hydrogens is 150 g/mol. The molecule has 12 heavy (non-hydrogen) atoms. The molecule has 0 aromatic heterocycles. The molecule has 1 saturated carbocycles. The summed E-state index contributed by atoms with van der Waals surface area (Å²) in [6.07, 6.45) is 5.06. The van der Waals surface area contributed by atoms with Gasteiger partial charge in [-0.25, -0.2) is 0 Å². The molecule has 2 nitrogen and oxygen atoms in total. The standard InChI is InChI=1S/C10H21NO/c1-9-4-6-10(12-3,7-5-9)8-11-2/h9,11H,4-8H2,1-3H3. The number of hydrogen-bond donors (Lipinski definition) is 1. The highest BCUT2D eigenvalue weighted by Crippen LogP contribution is 2.33. The van der Waals surface area contributed by atoms with Crippen LogP contribution in [0, 0.1) is 5.92 Å². The molecule has 0 amide bonds. The lowest BCUT2D eigenvalue weighted by molar-refractivity contribution is -0.0446. The van der Waals surface area contributed by atoms with E-state index in [1.807, 2.05) is 14.2 Å². The molecular formula is C10H21NO. The summed E-state index contributed by atoms with van der Waals surface area (Å²) in [5, 5.41) is 3.22. The molecule has 0 saturated heterocycles. The quantitative estimate of drug-likeness (QED) is 0.699. The molecule has 0 spiro atoms. The third-order valence-electron chi connectivity index (χ3n) is 3.12. The molecule has 0 bridgehead atoms. The molecule has 0 heterocycles. The Hall–Kier alpha value is -0.0800. The minimum atomic E-state index is 0.140. The predicted molar refractivity (Wildman–Crippen MR) is 51.3 cm³/mol. The van der Waals surface area contributed by atoms with Crippen LogP contribution in [0.3, 0.4) is 0 Å². The Morgan fingerprint density at radius 3 is 2.42 bits per heavy atom. The third kappa shape index (κ3) is 2.20. The van der Waals surface area contributed by atoms with E-state index in [0.717, 1.165) is 12.5 Å². The SMILES string of the molecule is CNCC1(OC)CCC(C)CC1. The number of methoxy groups -OCH3 is 1. The van der Waals surface area contributed by atoms with Crippen LogP contribution in [-0.2, 0) is 4.74 Å². The highest BCUT2D eigenvalue weighted by atomic mass is 16.5. The van der Waals surface area contributed by atoms with E-state index in [-0.39, 0.29) is 5.60 Å². The van der Waals surface area contributed by atoms with E-state index in [9.17, 15) is 0 Å². The lowest BCUT2D eigenvalue weighted by Crippen LogP contribution is -2.44. The van der Waals surface area contributed by atoms with Crippen molar-refractivity contribution >= 4 is 0 Å². The van der Waals surface area contributed by atoms with E-state index >= 15 is 0 Å². The Kier molecular flexibility index (Phi) is 3.53. The first-order valence-electron chi connectivity index (χ1n) is 4.92. The van der Waals surface area contributed by atoms with Gasteiger partial charge >= 0.3 is 0 Å². The lowest BCUT2D eigenvalue weighted by atomic mass is 9.79. The van der Waals surface area contributed by atoms with Crippen molar-refractivity contribution in [2.45, 2.75) is 38.2 Å². The second-order valence-electron chi connectivity index (χ2n) is 4.10. The van der Waals surface area contributed by atoms with Gasteiger partial charge in [0, 0.05) is 13.7 Å². The van der Waals surface area contributed by atoms with Gasteiger partial charge in [0.1, 0.15) is 0 Å². The number of nitrogens with one attached hydrogen (secondary N) is 1. The van der Waals surface area contributed by atoms with Crippen LogP contribution in [0.2, 0.25) is 0 Å². The van der Waals surface area contributed by atoms with Crippen molar-refractivity contribution in [3.8, 4) is 0 Å². The highest BCUT2D eigenvalue weighted by molar-refractivity contribution is 4.87. The Labute approximate surface area is 75.7 Å². The predicted octanol–water partition coefficient (Wildman–Crippen LogP) is 1.80. The Bertz CT molecular complexity index is 128. The van der Waals surface area contributed by atoms with E-state index < -0.39 is 0 Å². The number of hydrogen-bond acceptors (Lipinski definition) is 2. The maximum atomic E-state index is 5.60. The fourth-order valence-electron chi connectivity index (χ4n) is 2.06. The van der Waals surface area contributed by atoms with Crippen LogP contribution >= 0.6 is 0 Å². The normalized spacial score (nSPS) is 36.8. The van der Waals surface area contributed by atoms with Gasteiger partial charge in [0.05, 0.1) is 5.60 Å². The van der Waals surface area contributed by atoms with Gasteiger partial charge in [-0.15, -0.1) is 0 Å². The van der Waals surface area contributed by atoms with Gasteiger partial charge in [-0.3, -0.25) is 0 Å². The average Bonchev–Trinajstić information content (AvgIpc) is 2.10. The van der Waals surface area contributed by atoms with Crippen LogP contribution in [0.4, 0.5) is 0 Å². The lowest BCUT2D eigenvalue weighted by Gasteiger charge is -2.38. The summed E-state index contributed by atoms with van der Waals surface area (Å²) >= 11 is 0. The summed E-state index contributed by atoms with van der Waals surface area (Å²) in [6, 6.07) is 0. The zero-order chi connectivity index (χ0) is 9.03. The summed E-state index contributed by atoms with van der Waals surface area (Å²) in [5.41, 5.74) is 0.140. The molecule has 0 aliphatic heterocycles. The minimum absolute atomic E-state index is 0.140. The van der Waals surface area contributed by atoms with E-state index in [1.54, 1.807) is 0 Å². The molecule has 1 fully saturated rings. The van der Waals surface area contributed by atoms with Crippen molar-refractivity contribution in [3.05, 3.63) is 0 Å². The van der Waals surface area contributed by atoms with Crippen molar-refractivity contribution in [2.75, 3.05) is 20.7 Å². The Balaban J connectivity index is 2.45. The maximum Gasteiger partial charge on any atom is 0.0802 e. The van der Waals surface area contributed by atoms with Crippen molar-refractivity contribution in [2.24, 2.45) is 5.92 Å². The Morgan fingerprint density at radius 1 is 1.42 bits per heavy atom. The molecule has 1 aliphatic carbocycles. The van der Waals surface area contributed by atoms with Crippen molar-refractivity contribution < 1.29 is 4.74 Å². The van der Waals surface area contributed by atoms with Crippen LogP contribution in [0.5, 0.6) is 0 Å². The topological polar surface area (TPSA) is 21.3 Å². The zero-order valence-corrected chi connectivity index (χ0v) is 8.52. The number of ether oxygens (including phenoxy) is 1. The van der Waals surface area contributed by atoms with E-state index in [1.165, 1.54) is 25.7 Å². The third-order valence-corrected chi connectivity index (χ3v) is 3.12. The van der Waals surface area contributed by atoms with E-state index in [4.69, 9.17) is 4.74 Å². The van der Waals surface area contributed by atoms with Crippen molar-refractivity contribution in [3.63, 3.8) is 0 Å². The number of likely N-dealkylation sites (N-methyl/N-ethyl adjacent to an activating group) is 1. The first-order valence-corrected chi connectivity index (χ1v) is 4.92. The van der Waals surface area contributed by atoms with Crippen LogP contribution < -0.4 is 5.32 Å². The summed E-state index contributed by atoms with van der Waals surface area (Å²) < 4.78 is 5.60. The van der Waals surface area contributed by atoms with Gasteiger partial charge in [-0.05, 0) is 38.6 Å². The second-order valence-corrected chi connectivity index (χ2v) is 4.10. The van der Waals surface area contributed by atoms with Gasteiger partial charge < -0.3 is 10.1 Å². The van der Waals surface area contributed by atoms with Gasteiger partial charge in [-0.2, -0.15) is 0 Å². The van der Waals surface area contributed by atoms with Gasteiger partial charge in [-0.1, -0.05) is 6.92 Å². The van der Waals surface area contributed by atoms with Gasteiger partial charge in [0.15, 0.2) is 0 Å². The first kappa shape index (κ1) is 10.0. The van der Waals surface area contributed by atoms with Crippen LogP contribution in [0.15, 0.2) is 0 Å². The fraction of sp³-hybridized carbons (Fsp3) is 1.00. The minimum Gasteiger partial charge on any atom is -0.377 e. The molecule has 2 heteroatoms. The molecule has 0 radical (unpaired) electrons. The molecule has 1 rings (SSSR count). The second kappa shape index (κ2) is 4.24. The summed E-state index contributed by atoms with van der Waals surface area (Å²) in [6.45, 7) is 3.33. The van der Waals surface area contributed by atoms with E-state index in [0.29, 0.717) is 0 Å². The molecule has 0 atom stereocenters. The highest BCUT2D eigenvalue weighted by Gasteiger charge is 2.33. The van der Waals surface area contributed by atoms with Crippen LogP contribution in [0.1, 0.15) is 32.6 Å². The first-order chi connectivity index (χ1) is 5.72. The summed E-state index contributed by atoms with van der Waals surface area (Å²) in [5.74, 6) is 0.894. The molecule has 72 valence electrons. The van der Waals surface area contributed by atoms with Gasteiger partial charge in [0.2, 0.25) is 0 Å². The molecule has 0 unspecified atom stereocenters. The fourth-order valence-corrected chi connectivity index (χ4v) is 2.06.